The molecule has 0 saturated heterocycles. The molecule has 1 N–H and O–H groups in total. The predicted octanol–water partition coefficient (Wildman–Crippen LogP) is 6.67. The molecule has 3 unspecified atom stereocenters. The number of nitrogens with one attached hydrogen (secondary N) is 1. The van der Waals surface area contributed by atoms with E-state index in [0.717, 1.165) is 11.1 Å². The molecule has 0 radical (unpaired) electrons. The van der Waals surface area contributed by atoms with Gasteiger partial charge in [0.1, 0.15) is 6.61 Å². The van der Waals surface area contributed by atoms with Gasteiger partial charge in [-0.2, -0.15) is 0 Å². The Hall–Kier alpha value is -2.67. The van der Waals surface area contributed by atoms with Crippen LogP contribution in [0.2, 0.25) is 0 Å². The van der Waals surface area contributed by atoms with Gasteiger partial charge in [-0.25, -0.2) is 4.79 Å². The van der Waals surface area contributed by atoms with Crippen molar-refractivity contribution in [2.75, 3.05) is 6.61 Å². The Bertz CT molecular complexity index is 1070. The molecule has 0 aliphatic rings. The summed E-state index contributed by atoms with van der Waals surface area (Å²) >= 11 is 0. The van der Waals surface area contributed by atoms with E-state index in [1.54, 1.807) is 48.5 Å². The highest BCUT2D eigenvalue weighted by molar-refractivity contribution is 7.54. The second-order valence-corrected chi connectivity index (χ2v) is 13.1. The minimum absolute atomic E-state index is 0.105. The average Bonchev–Trinajstić information content (AvgIpc) is 2.82. The molecule has 210 valence electrons. The van der Waals surface area contributed by atoms with Gasteiger partial charge in [-0.3, -0.25) is 9.36 Å². The van der Waals surface area contributed by atoms with Crippen molar-refractivity contribution in [3.05, 3.63) is 71.8 Å². The third-order valence-electron chi connectivity index (χ3n) is 5.70. The zero-order valence-electron chi connectivity index (χ0n) is 23.6. The summed E-state index contributed by atoms with van der Waals surface area (Å²) in [7, 11) is -3.89. The molecule has 0 aliphatic carbocycles. The lowest BCUT2D eigenvalue weighted by Gasteiger charge is -2.40. The number of hydrogen-bond acceptors (Lipinski definition) is 7. The van der Waals surface area contributed by atoms with Crippen molar-refractivity contribution in [1.82, 2.24) is 5.32 Å². The highest BCUT2D eigenvalue weighted by Crippen LogP contribution is 2.59. The molecule has 2 rings (SSSR count). The molecule has 0 aromatic heterocycles. The van der Waals surface area contributed by atoms with Crippen LogP contribution in [0.3, 0.4) is 0 Å². The molecule has 9 heteroatoms. The fourth-order valence-corrected chi connectivity index (χ4v) is 6.09. The molecular weight excluding hydrogens is 505 g/mol. The van der Waals surface area contributed by atoms with Crippen LogP contribution in [0.4, 0.5) is 4.79 Å². The van der Waals surface area contributed by atoms with Crippen molar-refractivity contribution in [2.24, 2.45) is 0 Å². The lowest BCUT2D eigenvalue weighted by molar-refractivity contribution is -0.143. The molecule has 8 nitrogen and oxygen atoms in total. The minimum Gasteiger partial charge on any atom is -0.466 e. The number of alkyl carbamates (subject to hydrolysis) is 1. The van der Waals surface area contributed by atoms with Gasteiger partial charge < -0.3 is 23.8 Å². The maximum atomic E-state index is 14.2. The van der Waals surface area contributed by atoms with E-state index < -0.39 is 42.6 Å². The molecular formula is C29H42NO7P. The molecule has 2 aromatic carbocycles. The van der Waals surface area contributed by atoms with Gasteiger partial charge in [-0.05, 0) is 59.1 Å². The Labute approximate surface area is 226 Å². The van der Waals surface area contributed by atoms with Gasteiger partial charge in [-0.15, -0.1) is 0 Å². The monoisotopic (exact) mass is 547 g/mol. The standard InChI is InChI=1S/C29H42NO7P/c1-8-34-26(31)19-22(2)38(33,36-28(3,4)5)37-29(6,7)25(20-23-15-11-9-12-16-23)30-27(32)35-21-24-17-13-10-14-18-24/h9-18,22,25H,8,19-21H2,1-7H3,(H,30,32). The first-order valence-electron chi connectivity index (χ1n) is 12.9. The normalized spacial score (nSPS) is 15.1. The van der Waals surface area contributed by atoms with Crippen LogP contribution in [-0.2, 0) is 40.9 Å². The Morgan fingerprint density at radius 3 is 1.95 bits per heavy atom. The van der Waals surface area contributed by atoms with Gasteiger partial charge in [0.15, 0.2) is 0 Å². The Morgan fingerprint density at radius 2 is 1.42 bits per heavy atom. The topological polar surface area (TPSA) is 100 Å². The fraction of sp³-hybridized carbons (Fsp3) is 0.517. The fourth-order valence-electron chi connectivity index (χ4n) is 3.77. The first kappa shape index (κ1) is 31.5. The number of amides is 1. The molecule has 2 aromatic rings. The molecule has 0 bridgehead atoms. The van der Waals surface area contributed by atoms with E-state index in [1.165, 1.54) is 0 Å². The van der Waals surface area contributed by atoms with Crippen LogP contribution >= 0.6 is 7.60 Å². The number of ether oxygens (including phenoxy) is 2. The lowest BCUT2D eigenvalue weighted by atomic mass is 9.92. The number of benzene rings is 2. The van der Waals surface area contributed by atoms with E-state index in [-0.39, 0.29) is 19.6 Å². The van der Waals surface area contributed by atoms with Crippen LogP contribution in [0.15, 0.2) is 60.7 Å². The summed E-state index contributed by atoms with van der Waals surface area (Å²) in [5, 5.41) is 2.91. The third kappa shape index (κ3) is 10.6. The van der Waals surface area contributed by atoms with Crippen molar-refractivity contribution < 1.29 is 32.7 Å². The predicted molar refractivity (Wildman–Crippen MR) is 148 cm³/mol. The molecule has 0 spiro atoms. The number of esters is 1. The number of carbonyl (C=O) groups is 2. The first-order chi connectivity index (χ1) is 17.7. The number of hydrogen-bond donors (Lipinski definition) is 1. The lowest BCUT2D eigenvalue weighted by Crippen LogP contribution is -2.52. The van der Waals surface area contributed by atoms with Gasteiger partial charge in [0.25, 0.3) is 0 Å². The van der Waals surface area contributed by atoms with Gasteiger partial charge in [0.2, 0.25) is 0 Å². The summed E-state index contributed by atoms with van der Waals surface area (Å²) in [6, 6.07) is 18.3. The maximum Gasteiger partial charge on any atom is 0.407 e. The summed E-state index contributed by atoms with van der Waals surface area (Å²) in [6.45, 7) is 12.5. The van der Waals surface area contributed by atoms with E-state index in [9.17, 15) is 14.2 Å². The quantitative estimate of drug-likeness (QED) is 0.221. The summed E-state index contributed by atoms with van der Waals surface area (Å²) in [4.78, 5) is 25.1. The van der Waals surface area contributed by atoms with Gasteiger partial charge >= 0.3 is 19.7 Å². The van der Waals surface area contributed by atoms with E-state index in [4.69, 9.17) is 18.5 Å². The van der Waals surface area contributed by atoms with Gasteiger partial charge in [-0.1, -0.05) is 67.6 Å². The van der Waals surface area contributed by atoms with Crippen molar-refractivity contribution in [3.8, 4) is 0 Å². The van der Waals surface area contributed by atoms with Crippen LogP contribution in [0.5, 0.6) is 0 Å². The second-order valence-electron chi connectivity index (χ2n) is 10.7. The van der Waals surface area contributed by atoms with Crippen molar-refractivity contribution in [2.45, 2.75) is 90.8 Å². The van der Waals surface area contributed by atoms with Crippen molar-refractivity contribution in [3.63, 3.8) is 0 Å². The van der Waals surface area contributed by atoms with Crippen molar-refractivity contribution in [1.29, 1.82) is 0 Å². The molecule has 0 saturated carbocycles. The van der Waals surface area contributed by atoms with E-state index in [2.05, 4.69) is 5.32 Å². The van der Waals surface area contributed by atoms with Gasteiger partial charge in [0, 0.05) is 0 Å². The smallest absolute Gasteiger partial charge is 0.407 e. The number of carbonyl (C=O) groups excluding carboxylic acids is 2. The highest BCUT2D eigenvalue weighted by Gasteiger charge is 2.45. The molecule has 3 atom stereocenters. The van der Waals surface area contributed by atoms with Crippen LogP contribution in [-0.4, -0.2) is 41.6 Å². The molecule has 0 fully saturated rings. The van der Waals surface area contributed by atoms with Crippen LogP contribution in [0.25, 0.3) is 0 Å². The summed E-state index contributed by atoms with van der Waals surface area (Å²) in [5.74, 6) is -0.484. The zero-order chi connectivity index (χ0) is 28.4. The Balaban J connectivity index is 2.30. The SMILES string of the molecule is CCOC(=O)CC(C)P(=O)(OC(C)(C)C)OC(C)(C)C(Cc1ccccc1)NC(=O)OCc1ccccc1. The van der Waals surface area contributed by atoms with Crippen molar-refractivity contribution >= 4 is 19.7 Å². The minimum atomic E-state index is -3.89. The zero-order valence-corrected chi connectivity index (χ0v) is 24.5. The molecule has 38 heavy (non-hydrogen) atoms. The van der Waals surface area contributed by atoms with E-state index in [1.807, 2.05) is 60.7 Å². The number of rotatable bonds is 13. The summed E-state index contributed by atoms with van der Waals surface area (Å²) in [5.41, 5.74) is -0.962. The first-order valence-corrected chi connectivity index (χ1v) is 14.5. The highest BCUT2D eigenvalue weighted by atomic mass is 31.2. The van der Waals surface area contributed by atoms with Gasteiger partial charge in [0.05, 0.1) is 35.9 Å². The third-order valence-corrected chi connectivity index (χ3v) is 8.49. The maximum absolute atomic E-state index is 14.2. The Kier molecular flexibility index (Phi) is 11.6. The second kappa shape index (κ2) is 13.9. The summed E-state index contributed by atoms with van der Waals surface area (Å²) < 4.78 is 37.1. The van der Waals surface area contributed by atoms with E-state index in [0.29, 0.717) is 6.42 Å². The molecule has 0 heterocycles. The molecule has 1 amide bonds. The Morgan fingerprint density at radius 1 is 0.868 bits per heavy atom. The largest absolute Gasteiger partial charge is 0.466 e. The van der Waals surface area contributed by atoms with Crippen LogP contribution in [0, 0.1) is 0 Å². The van der Waals surface area contributed by atoms with E-state index >= 15 is 0 Å². The average molecular weight is 548 g/mol. The van der Waals surface area contributed by atoms with Crippen LogP contribution in [0.1, 0.15) is 66.0 Å². The summed E-state index contributed by atoms with van der Waals surface area (Å²) in [6.07, 6.45) is -0.374. The van der Waals surface area contributed by atoms with Crippen LogP contribution < -0.4 is 5.32 Å². The molecule has 0 aliphatic heterocycles.